The van der Waals surface area contributed by atoms with Gasteiger partial charge in [0.05, 0.1) is 6.10 Å². The zero-order chi connectivity index (χ0) is 29.7. The normalized spacial score (nSPS) is 16.8. The summed E-state index contributed by atoms with van der Waals surface area (Å²) in [5, 5.41) is 11.7. The Kier molecular flexibility index (Phi) is 8.38. The molecule has 0 saturated heterocycles. The van der Waals surface area contributed by atoms with E-state index >= 15 is 4.39 Å². The molecule has 3 nitrogen and oxygen atoms in total. The van der Waals surface area contributed by atoms with Gasteiger partial charge in [-0.15, -0.1) is 0 Å². The Balaban J connectivity index is 2.08. The molecule has 0 bridgehead atoms. The molecule has 3 aromatic rings. The van der Waals surface area contributed by atoms with Crippen molar-refractivity contribution < 1.29 is 27.1 Å². The lowest BCUT2D eigenvalue weighted by Gasteiger charge is -2.42. The van der Waals surface area contributed by atoms with Gasteiger partial charge in [0.1, 0.15) is 17.7 Å². The lowest BCUT2D eigenvalue weighted by Crippen LogP contribution is -2.42. The van der Waals surface area contributed by atoms with Crippen molar-refractivity contribution in [1.29, 1.82) is 0 Å². The molecule has 0 spiro atoms. The molecule has 2 aromatic carbocycles. The minimum Gasteiger partial charge on any atom is -0.410 e. The molecule has 8 heteroatoms. The number of hydrogen-bond donors (Lipinski definition) is 1. The number of aryl methyl sites for hydroxylation is 1. The summed E-state index contributed by atoms with van der Waals surface area (Å²) in [7, 11) is -2.28. The lowest BCUT2D eigenvalue weighted by atomic mass is 9.80. The highest BCUT2D eigenvalue weighted by molar-refractivity contribution is 6.74. The second kappa shape index (κ2) is 11.0. The maximum atomic E-state index is 15.3. The SMILES string of the molecule is Cc1c(F)cc(C(O)c2c(C(C)C)nc3c(c2-c2ccc(F)cc2)C(O[Si](C)(C)C(C)(C)C)CCC3)c(F)c1F. The first-order valence-corrected chi connectivity index (χ1v) is 16.8. The fourth-order valence-corrected chi connectivity index (χ4v) is 6.47. The Labute approximate surface area is 235 Å². The van der Waals surface area contributed by atoms with Crippen molar-refractivity contribution in [3.8, 4) is 11.1 Å². The summed E-state index contributed by atoms with van der Waals surface area (Å²) in [6.45, 7) is 15.7. The highest BCUT2D eigenvalue weighted by Crippen LogP contribution is 2.49. The predicted octanol–water partition coefficient (Wildman–Crippen LogP) is 9.22. The number of rotatable bonds is 6. The number of benzene rings is 2. The van der Waals surface area contributed by atoms with E-state index in [2.05, 4.69) is 33.9 Å². The van der Waals surface area contributed by atoms with E-state index in [4.69, 9.17) is 9.41 Å². The second-order valence-corrected chi connectivity index (χ2v) is 17.4. The van der Waals surface area contributed by atoms with Crippen LogP contribution in [0.4, 0.5) is 17.6 Å². The van der Waals surface area contributed by atoms with E-state index in [0.29, 0.717) is 29.7 Å². The Morgan fingerprint density at radius 2 is 1.65 bits per heavy atom. The summed E-state index contributed by atoms with van der Waals surface area (Å²) in [5.41, 5.74) is 2.53. The molecule has 40 heavy (non-hydrogen) atoms. The largest absolute Gasteiger partial charge is 0.410 e. The van der Waals surface area contributed by atoms with Crippen molar-refractivity contribution in [3.63, 3.8) is 0 Å². The predicted molar refractivity (Wildman–Crippen MR) is 153 cm³/mol. The van der Waals surface area contributed by atoms with Gasteiger partial charge in [-0.05, 0) is 79.6 Å². The minimum absolute atomic E-state index is 0.0750. The number of fused-ring (bicyclic) bond motifs is 1. The molecule has 1 aliphatic rings. The molecule has 0 fully saturated rings. The van der Waals surface area contributed by atoms with Crippen LogP contribution in [0.5, 0.6) is 0 Å². The van der Waals surface area contributed by atoms with Gasteiger partial charge in [-0.2, -0.15) is 0 Å². The van der Waals surface area contributed by atoms with Crippen LogP contribution >= 0.6 is 0 Å². The van der Waals surface area contributed by atoms with Crippen molar-refractivity contribution in [2.75, 3.05) is 0 Å². The summed E-state index contributed by atoms with van der Waals surface area (Å²) >= 11 is 0. The van der Waals surface area contributed by atoms with Gasteiger partial charge in [-0.1, -0.05) is 46.8 Å². The molecule has 1 aliphatic carbocycles. The Bertz CT molecular complexity index is 1410. The standard InChI is InChI=1S/C32H39F4NO2Si/c1-17(2)30-27(31(38)21-16-22(34)18(3)28(35)29(21)36)25(19-12-14-20(33)15-13-19)26-23(37-30)10-9-11-24(26)39-40(7,8)32(4,5)6/h12-17,24,31,38H,9-11H2,1-8H3. The van der Waals surface area contributed by atoms with Crippen LogP contribution in [0, 0.1) is 30.2 Å². The maximum Gasteiger partial charge on any atom is 0.192 e. The van der Waals surface area contributed by atoms with Gasteiger partial charge in [-0.25, -0.2) is 17.6 Å². The van der Waals surface area contributed by atoms with Gasteiger partial charge in [0, 0.05) is 33.6 Å². The smallest absolute Gasteiger partial charge is 0.192 e. The fourth-order valence-electron chi connectivity index (χ4n) is 5.17. The number of aromatic nitrogens is 1. The molecule has 1 N–H and O–H groups in total. The van der Waals surface area contributed by atoms with E-state index in [1.54, 1.807) is 12.1 Å². The molecule has 0 aliphatic heterocycles. The van der Waals surface area contributed by atoms with Gasteiger partial charge >= 0.3 is 0 Å². The fraction of sp³-hybridized carbons (Fsp3) is 0.469. The Hall–Kier alpha value is -2.55. The quantitative estimate of drug-likeness (QED) is 0.182. The van der Waals surface area contributed by atoms with Crippen LogP contribution in [-0.4, -0.2) is 18.4 Å². The number of nitrogens with zero attached hydrogens (tertiary/aromatic N) is 1. The molecule has 2 atom stereocenters. The third-order valence-corrected chi connectivity index (χ3v) is 13.0. The molecule has 0 saturated carbocycles. The average molecular weight is 574 g/mol. The van der Waals surface area contributed by atoms with Crippen LogP contribution in [0.15, 0.2) is 30.3 Å². The van der Waals surface area contributed by atoms with Gasteiger partial charge in [-0.3, -0.25) is 4.98 Å². The molecule has 0 radical (unpaired) electrons. The maximum absolute atomic E-state index is 15.3. The van der Waals surface area contributed by atoms with Gasteiger partial charge in [0.2, 0.25) is 0 Å². The highest BCUT2D eigenvalue weighted by atomic mass is 28.4. The van der Waals surface area contributed by atoms with Crippen LogP contribution in [-0.2, 0) is 10.8 Å². The van der Waals surface area contributed by atoms with Crippen LogP contribution in [0.25, 0.3) is 11.1 Å². The van der Waals surface area contributed by atoms with Crippen LogP contribution in [0.3, 0.4) is 0 Å². The third kappa shape index (κ3) is 5.50. The van der Waals surface area contributed by atoms with Crippen molar-refractivity contribution in [2.45, 2.75) is 97.1 Å². The van der Waals surface area contributed by atoms with Crippen molar-refractivity contribution in [1.82, 2.24) is 4.98 Å². The van der Waals surface area contributed by atoms with Crippen LogP contribution in [0.1, 0.15) is 99.2 Å². The van der Waals surface area contributed by atoms with Crippen LogP contribution < -0.4 is 0 Å². The average Bonchev–Trinajstić information content (AvgIpc) is 2.88. The monoisotopic (exact) mass is 573 g/mol. The Morgan fingerprint density at radius 1 is 1.02 bits per heavy atom. The molecular formula is C32H39F4NO2Si. The van der Waals surface area contributed by atoms with E-state index in [1.807, 2.05) is 13.8 Å². The molecule has 0 amide bonds. The van der Waals surface area contributed by atoms with Gasteiger partial charge in [0.15, 0.2) is 20.0 Å². The van der Waals surface area contributed by atoms with E-state index in [9.17, 15) is 18.3 Å². The summed E-state index contributed by atoms with van der Waals surface area (Å²) < 4.78 is 65.6. The Morgan fingerprint density at radius 3 is 2.23 bits per heavy atom. The molecule has 2 unspecified atom stereocenters. The molecule has 1 heterocycles. The van der Waals surface area contributed by atoms with Crippen molar-refractivity contribution in [3.05, 3.63) is 87.2 Å². The van der Waals surface area contributed by atoms with E-state index < -0.39 is 48.8 Å². The highest BCUT2D eigenvalue weighted by Gasteiger charge is 2.42. The van der Waals surface area contributed by atoms with Gasteiger partial charge < -0.3 is 9.53 Å². The lowest BCUT2D eigenvalue weighted by molar-refractivity contribution is 0.161. The third-order valence-electron chi connectivity index (χ3n) is 8.49. The molecular weight excluding hydrogens is 534 g/mol. The number of halogens is 4. The summed E-state index contributed by atoms with van der Waals surface area (Å²) in [6, 6.07) is 6.71. The summed E-state index contributed by atoms with van der Waals surface area (Å²) in [5.74, 6) is -4.24. The number of pyridine rings is 1. The van der Waals surface area contributed by atoms with Crippen LogP contribution in [0.2, 0.25) is 18.1 Å². The van der Waals surface area contributed by atoms with E-state index in [0.717, 1.165) is 30.7 Å². The molecule has 216 valence electrons. The number of aliphatic hydroxyl groups is 1. The zero-order valence-corrected chi connectivity index (χ0v) is 25.6. The first-order valence-electron chi connectivity index (χ1n) is 13.9. The number of hydrogen-bond acceptors (Lipinski definition) is 3. The molecule has 1 aromatic heterocycles. The summed E-state index contributed by atoms with van der Waals surface area (Å²) in [6.07, 6.45) is 0.161. The van der Waals surface area contributed by atoms with E-state index in [1.165, 1.54) is 12.1 Å². The second-order valence-electron chi connectivity index (χ2n) is 12.7. The van der Waals surface area contributed by atoms with Crippen molar-refractivity contribution in [2.24, 2.45) is 0 Å². The van der Waals surface area contributed by atoms with E-state index in [-0.39, 0.29) is 22.6 Å². The first-order chi connectivity index (χ1) is 18.5. The molecule has 4 rings (SSSR count). The first kappa shape index (κ1) is 30.4. The minimum atomic E-state index is -2.28. The number of aliphatic hydroxyl groups excluding tert-OH is 1. The van der Waals surface area contributed by atoms with Gasteiger partial charge in [0.25, 0.3) is 0 Å². The summed E-state index contributed by atoms with van der Waals surface area (Å²) in [4.78, 5) is 4.99. The van der Waals surface area contributed by atoms with Crippen molar-refractivity contribution >= 4 is 8.32 Å². The zero-order valence-electron chi connectivity index (χ0n) is 24.6. The topological polar surface area (TPSA) is 42.4 Å².